The summed E-state index contributed by atoms with van der Waals surface area (Å²) in [5.41, 5.74) is 1.83. The van der Waals surface area contributed by atoms with Crippen LogP contribution in [0.2, 0.25) is 0 Å². The molecule has 0 spiro atoms. The van der Waals surface area contributed by atoms with Gasteiger partial charge in [0.25, 0.3) is 0 Å². The van der Waals surface area contributed by atoms with Crippen LogP contribution in [0.5, 0.6) is 0 Å². The van der Waals surface area contributed by atoms with E-state index >= 15 is 0 Å². The Morgan fingerprint density at radius 3 is 2.32 bits per heavy atom. The monoisotopic (exact) mass is 262 g/mol. The third-order valence-corrected chi connectivity index (χ3v) is 2.78. The third kappa shape index (κ3) is 4.73. The summed E-state index contributed by atoms with van der Waals surface area (Å²) in [5.74, 6) is -0.335. The second-order valence-electron chi connectivity index (χ2n) is 5.47. The van der Waals surface area contributed by atoms with E-state index in [0.29, 0.717) is 6.42 Å². The van der Waals surface area contributed by atoms with Crippen LogP contribution in [-0.4, -0.2) is 18.4 Å². The Morgan fingerprint density at radius 1 is 1.11 bits per heavy atom. The van der Waals surface area contributed by atoms with E-state index in [0.717, 1.165) is 11.3 Å². The van der Waals surface area contributed by atoms with Crippen LogP contribution in [0.1, 0.15) is 39.7 Å². The molecule has 0 aliphatic carbocycles. The number of carbonyl (C=O) groups excluding carboxylic acids is 2. The number of amides is 2. The van der Waals surface area contributed by atoms with E-state index in [-0.39, 0.29) is 23.8 Å². The molecule has 1 rings (SSSR count). The fourth-order valence-corrected chi connectivity index (χ4v) is 1.74. The van der Waals surface area contributed by atoms with E-state index in [9.17, 15) is 9.59 Å². The Bertz CT molecular complexity index is 461. The molecule has 19 heavy (non-hydrogen) atoms. The largest absolute Gasteiger partial charge is 0.347 e. The van der Waals surface area contributed by atoms with Crippen molar-refractivity contribution < 1.29 is 9.59 Å². The number of para-hydroxylation sites is 1. The summed E-state index contributed by atoms with van der Waals surface area (Å²) < 4.78 is 0. The fraction of sp³-hybridized carbons (Fsp3) is 0.467. The molecule has 0 aliphatic heterocycles. The van der Waals surface area contributed by atoms with Crippen molar-refractivity contribution in [2.45, 2.75) is 39.5 Å². The standard InChI is InChI=1S/C15H22N2O2/c1-5-13(18)16-10-14(19)17-12-9-7-6-8-11(12)15(2,3)4/h6-9H,5,10H2,1-4H3,(H,16,18)(H,17,19). The topological polar surface area (TPSA) is 58.2 Å². The molecule has 0 heterocycles. The first-order valence-electron chi connectivity index (χ1n) is 6.50. The minimum absolute atomic E-state index is 0.00511. The maximum absolute atomic E-state index is 11.8. The van der Waals surface area contributed by atoms with Crippen molar-refractivity contribution in [1.29, 1.82) is 0 Å². The minimum atomic E-state index is -0.210. The average molecular weight is 262 g/mol. The van der Waals surface area contributed by atoms with E-state index < -0.39 is 0 Å². The molecule has 2 N–H and O–H groups in total. The normalized spacial score (nSPS) is 10.9. The average Bonchev–Trinajstić information content (AvgIpc) is 2.35. The molecule has 0 unspecified atom stereocenters. The van der Waals surface area contributed by atoms with Gasteiger partial charge in [0, 0.05) is 12.1 Å². The molecule has 2 amide bonds. The fourth-order valence-electron chi connectivity index (χ4n) is 1.74. The minimum Gasteiger partial charge on any atom is -0.347 e. The van der Waals surface area contributed by atoms with Gasteiger partial charge in [-0.1, -0.05) is 45.9 Å². The Hall–Kier alpha value is -1.84. The molecule has 0 saturated carbocycles. The van der Waals surface area contributed by atoms with E-state index in [1.54, 1.807) is 6.92 Å². The van der Waals surface area contributed by atoms with Crippen LogP contribution in [0, 0.1) is 0 Å². The molecule has 0 aliphatic rings. The van der Waals surface area contributed by atoms with Gasteiger partial charge in [-0.15, -0.1) is 0 Å². The smallest absolute Gasteiger partial charge is 0.243 e. The molecule has 104 valence electrons. The van der Waals surface area contributed by atoms with Crippen LogP contribution in [0.4, 0.5) is 5.69 Å². The number of benzene rings is 1. The van der Waals surface area contributed by atoms with Crippen LogP contribution in [0.15, 0.2) is 24.3 Å². The van der Waals surface area contributed by atoms with Crippen molar-refractivity contribution in [3.8, 4) is 0 Å². The van der Waals surface area contributed by atoms with Gasteiger partial charge in [0.15, 0.2) is 0 Å². The Balaban J connectivity index is 2.72. The maximum atomic E-state index is 11.8. The molecular weight excluding hydrogens is 240 g/mol. The van der Waals surface area contributed by atoms with Crippen LogP contribution >= 0.6 is 0 Å². The van der Waals surface area contributed by atoms with Gasteiger partial charge < -0.3 is 10.6 Å². The molecule has 1 aromatic carbocycles. The van der Waals surface area contributed by atoms with E-state index in [1.165, 1.54) is 0 Å². The highest BCUT2D eigenvalue weighted by molar-refractivity contribution is 5.95. The number of carbonyl (C=O) groups is 2. The maximum Gasteiger partial charge on any atom is 0.243 e. The lowest BCUT2D eigenvalue weighted by Crippen LogP contribution is -2.32. The second-order valence-corrected chi connectivity index (χ2v) is 5.47. The first-order chi connectivity index (χ1) is 8.84. The quantitative estimate of drug-likeness (QED) is 0.875. The van der Waals surface area contributed by atoms with Crippen LogP contribution in [-0.2, 0) is 15.0 Å². The Kier molecular flexibility index (Phi) is 5.10. The lowest BCUT2D eigenvalue weighted by atomic mass is 9.86. The zero-order chi connectivity index (χ0) is 14.5. The van der Waals surface area contributed by atoms with Gasteiger partial charge in [0.05, 0.1) is 6.54 Å². The van der Waals surface area contributed by atoms with Crippen LogP contribution in [0.3, 0.4) is 0 Å². The summed E-state index contributed by atoms with van der Waals surface area (Å²) in [5, 5.41) is 5.40. The van der Waals surface area contributed by atoms with E-state index in [1.807, 2.05) is 24.3 Å². The van der Waals surface area contributed by atoms with Gasteiger partial charge in [-0.05, 0) is 17.0 Å². The van der Waals surface area contributed by atoms with Crippen molar-refractivity contribution in [1.82, 2.24) is 5.32 Å². The number of hydrogen-bond donors (Lipinski definition) is 2. The number of nitrogens with one attached hydrogen (secondary N) is 2. The van der Waals surface area contributed by atoms with Crippen molar-refractivity contribution >= 4 is 17.5 Å². The Labute approximate surface area is 114 Å². The highest BCUT2D eigenvalue weighted by Gasteiger charge is 2.18. The van der Waals surface area contributed by atoms with Crippen molar-refractivity contribution in [2.24, 2.45) is 0 Å². The molecule has 0 radical (unpaired) electrons. The summed E-state index contributed by atoms with van der Waals surface area (Å²) in [4.78, 5) is 22.9. The summed E-state index contributed by atoms with van der Waals surface area (Å²) in [6.07, 6.45) is 0.381. The molecule has 0 atom stereocenters. The van der Waals surface area contributed by atoms with Crippen LogP contribution < -0.4 is 10.6 Å². The predicted octanol–water partition coefficient (Wildman–Crippen LogP) is 2.45. The molecule has 0 fully saturated rings. The van der Waals surface area contributed by atoms with Gasteiger partial charge in [0.1, 0.15) is 0 Å². The lowest BCUT2D eigenvalue weighted by molar-refractivity contribution is -0.123. The first kappa shape index (κ1) is 15.2. The van der Waals surface area contributed by atoms with Crippen LogP contribution in [0.25, 0.3) is 0 Å². The number of anilines is 1. The highest BCUT2D eigenvalue weighted by atomic mass is 16.2. The molecule has 0 aromatic heterocycles. The van der Waals surface area contributed by atoms with E-state index in [4.69, 9.17) is 0 Å². The van der Waals surface area contributed by atoms with Crippen molar-refractivity contribution in [3.05, 3.63) is 29.8 Å². The van der Waals surface area contributed by atoms with Gasteiger partial charge in [0.2, 0.25) is 11.8 Å². The summed E-state index contributed by atoms with van der Waals surface area (Å²) in [6.45, 7) is 8.04. The molecular formula is C15H22N2O2. The molecule has 0 saturated heterocycles. The van der Waals surface area contributed by atoms with E-state index in [2.05, 4.69) is 31.4 Å². The van der Waals surface area contributed by atoms with Gasteiger partial charge in [-0.3, -0.25) is 9.59 Å². The van der Waals surface area contributed by atoms with Gasteiger partial charge in [-0.2, -0.15) is 0 Å². The second kappa shape index (κ2) is 6.36. The lowest BCUT2D eigenvalue weighted by Gasteiger charge is -2.23. The third-order valence-electron chi connectivity index (χ3n) is 2.78. The highest BCUT2D eigenvalue weighted by Crippen LogP contribution is 2.28. The van der Waals surface area contributed by atoms with Gasteiger partial charge in [-0.25, -0.2) is 0 Å². The summed E-state index contributed by atoms with van der Waals surface area (Å²) in [6, 6.07) is 7.71. The summed E-state index contributed by atoms with van der Waals surface area (Å²) >= 11 is 0. The van der Waals surface area contributed by atoms with Crippen molar-refractivity contribution in [2.75, 3.05) is 11.9 Å². The van der Waals surface area contributed by atoms with Crippen molar-refractivity contribution in [3.63, 3.8) is 0 Å². The molecule has 4 heteroatoms. The zero-order valence-corrected chi connectivity index (χ0v) is 12.0. The Morgan fingerprint density at radius 2 is 1.74 bits per heavy atom. The zero-order valence-electron chi connectivity index (χ0n) is 12.0. The molecule has 1 aromatic rings. The van der Waals surface area contributed by atoms with Gasteiger partial charge >= 0.3 is 0 Å². The molecule has 0 bridgehead atoms. The number of rotatable bonds is 4. The first-order valence-corrected chi connectivity index (χ1v) is 6.50. The molecule has 4 nitrogen and oxygen atoms in total. The predicted molar refractivity (Wildman–Crippen MR) is 77.1 cm³/mol. The summed E-state index contributed by atoms with van der Waals surface area (Å²) in [7, 11) is 0. The SMILES string of the molecule is CCC(=O)NCC(=O)Nc1ccccc1C(C)(C)C. The number of hydrogen-bond acceptors (Lipinski definition) is 2.